The zero-order valence-corrected chi connectivity index (χ0v) is 12.7. The molecule has 0 spiro atoms. The van der Waals surface area contributed by atoms with E-state index in [9.17, 15) is 13.2 Å². The Labute approximate surface area is 125 Å². The Balaban J connectivity index is 2.05. The first kappa shape index (κ1) is 15.9. The summed E-state index contributed by atoms with van der Waals surface area (Å²) in [7, 11) is -3.39. The number of hydrogen-bond acceptors (Lipinski definition) is 4. The van der Waals surface area contributed by atoms with Crippen molar-refractivity contribution in [1.29, 1.82) is 0 Å². The molecule has 1 aromatic rings. The summed E-state index contributed by atoms with van der Waals surface area (Å²) >= 11 is 0. The third kappa shape index (κ3) is 4.03. The summed E-state index contributed by atoms with van der Waals surface area (Å²) in [6.45, 7) is 1.48. The molecule has 6 nitrogen and oxygen atoms in total. The van der Waals surface area contributed by atoms with Gasteiger partial charge in [0.2, 0.25) is 15.9 Å². The van der Waals surface area contributed by atoms with Crippen LogP contribution >= 0.6 is 0 Å². The van der Waals surface area contributed by atoms with E-state index in [1.165, 1.54) is 0 Å². The average molecular weight is 311 g/mol. The Hall–Kier alpha value is -1.44. The molecule has 0 bridgehead atoms. The van der Waals surface area contributed by atoms with Crippen LogP contribution in [0.4, 0.5) is 0 Å². The average Bonchev–Trinajstić information content (AvgIpc) is 2.53. The fourth-order valence-electron chi connectivity index (χ4n) is 2.31. The van der Waals surface area contributed by atoms with Gasteiger partial charge in [-0.05, 0) is 30.5 Å². The van der Waals surface area contributed by atoms with Crippen molar-refractivity contribution in [2.75, 3.05) is 19.6 Å². The zero-order valence-electron chi connectivity index (χ0n) is 11.9. The Kier molecular flexibility index (Phi) is 5.33. The van der Waals surface area contributed by atoms with Gasteiger partial charge in [0, 0.05) is 19.6 Å². The van der Waals surface area contributed by atoms with Crippen LogP contribution in [0.25, 0.3) is 0 Å². The van der Waals surface area contributed by atoms with Gasteiger partial charge in [-0.1, -0.05) is 18.6 Å². The zero-order chi connectivity index (χ0) is 15.3. The van der Waals surface area contributed by atoms with Crippen LogP contribution in [0.15, 0.2) is 29.2 Å². The first-order valence-corrected chi connectivity index (χ1v) is 8.54. The Morgan fingerprint density at radius 3 is 2.33 bits per heavy atom. The second-order valence-electron chi connectivity index (χ2n) is 5.09. The van der Waals surface area contributed by atoms with Crippen LogP contribution in [0, 0.1) is 0 Å². The molecule has 0 aliphatic carbocycles. The van der Waals surface area contributed by atoms with Crippen LogP contribution in [-0.2, 0) is 21.4 Å². The quantitative estimate of drug-likeness (QED) is 0.825. The minimum Gasteiger partial charge on any atom is -0.351 e. The monoisotopic (exact) mass is 311 g/mol. The van der Waals surface area contributed by atoms with Crippen molar-refractivity contribution in [3.05, 3.63) is 29.8 Å². The van der Waals surface area contributed by atoms with E-state index >= 15 is 0 Å². The molecule has 1 aromatic carbocycles. The molecule has 7 heteroatoms. The summed E-state index contributed by atoms with van der Waals surface area (Å²) in [6.07, 6.45) is 2.93. The highest BCUT2D eigenvalue weighted by Crippen LogP contribution is 2.20. The number of hydrogen-bond donors (Lipinski definition) is 2. The number of carbonyl (C=O) groups excluding carboxylic acids is 1. The van der Waals surface area contributed by atoms with Crippen molar-refractivity contribution in [3.8, 4) is 0 Å². The second-order valence-corrected chi connectivity index (χ2v) is 7.03. The smallest absolute Gasteiger partial charge is 0.243 e. The molecule has 1 heterocycles. The molecule has 21 heavy (non-hydrogen) atoms. The number of rotatable bonds is 5. The van der Waals surface area contributed by atoms with Crippen molar-refractivity contribution in [3.63, 3.8) is 0 Å². The van der Waals surface area contributed by atoms with Gasteiger partial charge in [0.15, 0.2) is 0 Å². The molecule has 1 saturated heterocycles. The van der Waals surface area contributed by atoms with Gasteiger partial charge in [0.25, 0.3) is 0 Å². The van der Waals surface area contributed by atoms with Gasteiger partial charge in [-0.15, -0.1) is 0 Å². The van der Waals surface area contributed by atoms with Crippen molar-refractivity contribution in [2.45, 2.75) is 30.7 Å². The molecule has 3 N–H and O–H groups in total. The van der Waals surface area contributed by atoms with Crippen molar-refractivity contribution in [1.82, 2.24) is 9.62 Å². The minimum absolute atomic E-state index is 0.0541. The number of sulfonamides is 1. The predicted molar refractivity (Wildman–Crippen MR) is 80.0 cm³/mol. The van der Waals surface area contributed by atoms with Gasteiger partial charge >= 0.3 is 0 Å². The molecule has 0 unspecified atom stereocenters. The first-order chi connectivity index (χ1) is 10.0. The van der Waals surface area contributed by atoms with Crippen LogP contribution in [-0.4, -0.2) is 38.3 Å². The molecule has 2 rings (SSSR count). The molecule has 0 radical (unpaired) electrons. The van der Waals surface area contributed by atoms with E-state index in [4.69, 9.17) is 5.73 Å². The molecule has 0 atom stereocenters. The van der Waals surface area contributed by atoms with E-state index in [-0.39, 0.29) is 12.5 Å². The molecule has 116 valence electrons. The van der Waals surface area contributed by atoms with Gasteiger partial charge in [-0.2, -0.15) is 4.31 Å². The Morgan fingerprint density at radius 2 is 1.76 bits per heavy atom. The molecule has 1 aliphatic heterocycles. The number of carbonyl (C=O) groups is 1. The maximum absolute atomic E-state index is 12.5. The number of amides is 1. The van der Waals surface area contributed by atoms with E-state index in [1.807, 2.05) is 0 Å². The molecular weight excluding hydrogens is 290 g/mol. The topological polar surface area (TPSA) is 92.5 Å². The van der Waals surface area contributed by atoms with Gasteiger partial charge in [-0.25, -0.2) is 8.42 Å². The normalized spacial score (nSPS) is 16.6. The van der Waals surface area contributed by atoms with Crippen LogP contribution in [0.2, 0.25) is 0 Å². The Bertz CT molecular complexity index is 578. The largest absolute Gasteiger partial charge is 0.351 e. The SMILES string of the molecule is NCC(=O)NCc1ccc(S(=O)(=O)N2CCCCC2)cc1. The van der Waals surface area contributed by atoms with Crippen molar-refractivity contribution >= 4 is 15.9 Å². The van der Waals surface area contributed by atoms with Gasteiger partial charge in [0.05, 0.1) is 11.4 Å². The second kappa shape index (κ2) is 7.02. The van der Waals surface area contributed by atoms with Crippen LogP contribution in [0.3, 0.4) is 0 Å². The fourth-order valence-corrected chi connectivity index (χ4v) is 3.82. The van der Waals surface area contributed by atoms with E-state index in [1.54, 1.807) is 28.6 Å². The number of nitrogens with one attached hydrogen (secondary N) is 1. The first-order valence-electron chi connectivity index (χ1n) is 7.10. The third-order valence-electron chi connectivity index (χ3n) is 3.55. The molecule has 1 amide bonds. The van der Waals surface area contributed by atoms with Crippen LogP contribution < -0.4 is 11.1 Å². The summed E-state index contributed by atoms with van der Waals surface area (Å²) in [5.41, 5.74) is 6.05. The van der Waals surface area contributed by atoms with E-state index in [0.29, 0.717) is 24.5 Å². The van der Waals surface area contributed by atoms with Gasteiger partial charge in [0.1, 0.15) is 0 Å². The molecule has 0 saturated carbocycles. The number of nitrogens with two attached hydrogens (primary N) is 1. The lowest BCUT2D eigenvalue weighted by molar-refractivity contribution is -0.119. The summed E-state index contributed by atoms with van der Waals surface area (Å²) in [5.74, 6) is -0.236. The number of benzene rings is 1. The van der Waals surface area contributed by atoms with E-state index in [0.717, 1.165) is 24.8 Å². The summed E-state index contributed by atoms with van der Waals surface area (Å²) < 4.78 is 26.4. The highest BCUT2D eigenvalue weighted by Gasteiger charge is 2.25. The lowest BCUT2D eigenvalue weighted by atomic mass is 10.2. The lowest BCUT2D eigenvalue weighted by Crippen LogP contribution is -2.35. The Morgan fingerprint density at radius 1 is 1.14 bits per heavy atom. The van der Waals surface area contributed by atoms with Crippen LogP contribution in [0.1, 0.15) is 24.8 Å². The van der Waals surface area contributed by atoms with E-state index < -0.39 is 10.0 Å². The molecule has 0 aromatic heterocycles. The lowest BCUT2D eigenvalue weighted by Gasteiger charge is -2.25. The molecule has 1 fully saturated rings. The van der Waals surface area contributed by atoms with Gasteiger partial charge in [-0.3, -0.25) is 4.79 Å². The molecular formula is C14H21N3O3S. The van der Waals surface area contributed by atoms with Gasteiger partial charge < -0.3 is 11.1 Å². The summed E-state index contributed by atoms with van der Waals surface area (Å²) in [5, 5.41) is 2.65. The van der Waals surface area contributed by atoms with Crippen LogP contribution in [0.5, 0.6) is 0 Å². The standard InChI is InChI=1S/C14H21N3O3S/c15-10-14(18)16-11-12-4-6-13(7-5-12)21(19,20)17-8-2-1-3-9-17/h4-7H,1-3,8-11,15H2,(H,16,18). The highest BCUT2D eigenvalue weighted by atomic mass is 32.2. The predicted octanol–water partition coefficient (Wildman–Crippen LogP) is 0.436. The fraction of sp³-hybridized carbons (Fsp3) is 0.500. The maximum Gasteiger partial charge on any atom is 0.243 e. The third-order valence-corrected chi connectivity index (χ3v) is 5.46. The minimum atomic E-state index is -3.39. The number of piperidine rings is 1. The number of nitrogens with zero attached hydrogens (tertiary/aromatic N) is 1. The van der Waals surface area contributed by atoms with Crippen molar-refractivity contribution in [2.24, 2.45) is 5.73 Å². The summed E-state index contributed by atoms with van der Waals surface area (Å²) in [4.78, 5) is 11.4. The highest BCUT2D eigenvalue weighted by molar-refractivity contribution is 7.89. The van der Waals surface area contributed by atoms with Crippen molar-refractivity contribution < 1.29 is 13.2 Å². The molecule has 1 aliphatic rings. The maximum atomic E-state index is 12.5. The summed E-state index contributed by atoms with van der Waals surface area (Å²) in [6, 6.07) is 6.61. The van der Waals surface area contributed by atoms with E-state index in [2.05, 4.69) is 5.32 Å².